The number of aliphatic hydroxyl groups excluding tert-OH is 1. The van der Waals surface area contributed by atoms with Crippen LogP contribution in [0.5, 0.6) is 0 Å². The maximum atomic E-state index is 13.0. The maximum Gasteiger partial charge on any atom is 0.123 e. The lowest BCUT2D eigenvalue weighted by atomic mass is 10.1. The lowest BCUT2D eigenvalue weighted by Crippen LogP contribution is -2.05. The topological polar surface area (TPSA) is 20.2 Å². The highest BCUT2D eigenvalue weighted by molar-refractivity contribution is 7.99. The van der Waals surface area contributed by atoms with Crippen LogP contribution in [-0.4, -0.2) is 16.1 Å². The van der Waals surface area contributed by atoms with Crippen LogP contribution >= 0.6 is 23.4 Å². The van der Waals surface area contributed by atoms with Crippen molar-refractivity contribution < 1.29 is 9.50 Å². The highest BCUT2D eigenvalue weighted by Crippen LogP contribution is 2.28. The van der Waals surface area contributed by atoms with Gasteiger partial charge in [-0.05, 0) is 24.6 Å². The van der Waals surface area contributed by atoms with Gasteiger partial charge in [0.05, 0.1) is 6.10 Å². The normalized spacial score (nSPS) is 14.8. The van der Waals surface area contributed by atoms with Gasteiger partial charge in [0, 0.05) is 21.6 Å². The molecule has 1 rings (SSSR count). The van der Waals surface area contributed by atoms with E-state index in [1.165, 1.54) is 18.2 Å². The summed E-state index contributed by atoms with van der Waals surface area (Å²) in [5.74, 6) is 0.171. The first-order valence-corrected chi connectivity index (χ1v) is 6.71. The predicted molar refractivity (Wildman–Crippen MR) is 68.6 cm³/mol. The molecule has 0 aromatic heterocycles. The van der Waals surface area contributed by atoms with Crippen LogP contribution in [-0.2, 0) is 0 Å². The number of hydrogen-bond donors (Lipinski definition) is 1. The summed E-state index contributed by atoms with van der Waals surface area (Å²) < 4.78 is 13.0. The van der Waals surface area contributed by atoms with E-state index in [0.717, 1.165) is 6.42 Å². The van der Waals surface area contributed by atoms with Crippen molar-refractivity contribution in [3.63, 3.8) is 0 Å². The smallest absolute Gasteiger partial charge is 0.123 e. The Labute approximate surface area is 105 Å². The van der Waals surface area contributed by atoms with Gasteiger partial charge >= 0.3 is 0 Å². The molecule has 0 aliphatic carbocycles. The quantitative estimate of drug-likeness (QED) is 0.864. The summed E-state index contributed by atoms with van der Waals surface area (Å²) in [5, 5.41) is 10.8. The Bertz CT molecular complexity index is 346. The van der Waals surface area contributed by atoms with E-state index in [0.29, 0.717) is 21.6 Å². The largest absolute Gasteiger partial charge is 0.387 e. The molecule has 0 bridgehead atoms. The van der Waals surface area contributed by atoms with Gasteiger partial charge < -0.3 is 5.11 Å². The molecule has 90 valence electrons. The molecule has 16 heavy (non-hydrogen) atoms. The second-order valence-electron chi connectivity index (χ2n) is 3.73. The van der Waals surface area contributed by atoms with E-state index in [-0.39, 0.29) is 5.82 Å². The molecule has 0 aliphatic heterocycles. The van der Waals surface area contributed by atoms with Crippen LogP contribution in [0.25, 0.3) is 0 Å². The second kappa shape index (κ2) is 6.48. The van der Waals surface area contributed by atoms with Gasteiger partial charge in [0.15, 0.2) is 0 Å². The number of aliphatic hydroxyl groups is 1. The monoisotopic (exact) mass is 262 g/mol. The van der Waals surface area contributed by atoms with Crippen LogP contribution in [0.3, 0.4) is 0 Å². The second-order valence-corrected chi connectivity index (χ2v) is 5.61. The average molecular weight is 263 g/mol. The molecule has 4 heteroatoms. The van der Waals surface area contributed by atoms with Crippen LogP contribution in [0.15, 0.2) is 18.2 Å². The zero-order chi connectivity index (χ0) is 12.1. The number of thioether (sulfide) groups is 1. The Morgan fingerprint density at radius 1 is 1.50 bits per heavy atom. The fourth-order valence-electron chi connectivity index (χ4n) is 1.23. The van der Waals surface area contributed by atoms with E-state index in [9.17, 15) is 9.50 Å². The van der Waals surface area contributed by atoms with E-state index in [2.05, 4.69) is 13.8 Å². The van der Waals surface area contributed by atoms with Gasteiger partial charge in [-0.2, -0.15) is 11.8 Å². The molecule has 0 saturated carbocycles. The van der Waals surface area contributed by atoms with Gasteiger partial charge in [-0.25, -0.2) is 4.39 Å². The predicted octanol–water partition coefficient (Wildman–Crippen LogP) is 4.04. The van der Waals surface area contributed by atoms with Crippen LogP contribution in [0.4, 0.5) is 4.39 Å². The van der Waals surface area contributed by atoms with Crippen molar-refractivity contribution in [2.24, 2.45) is 0 Å². The Kier molecular flexibility index (Phi) is 5.59. The molecular weight excluding hydrogens is 247 g/mol. The maximum absolute atomic E-state index is 13.0. The Hall–Kier alpha value is -0.250. The molecule has 2 atom stereocenters. The number of benzene rings is 1. The van der Waals surface area contributed by atoms with Gasteiger partial charge in [-0.1, -0.05) is 25.4 Å². The highest BCUT2D eigenvalue weighted by atomic mass is 35.5. The number of rotatable bonds is 5. The van der Waals surface area contributed by atoms with Crippen molar-refractivity contribution >= 4 is 23.4 Å². The molecule has 0 fully saturated rings. The molecule has 2 unspecified atom stereocenters. The Morgan fingerprint density at radius 3 is 2.81 bits per heavy atom. The molecule has 0 radical (unpaired) electrons. The van der Waals surface area contributed by atoms with Crippen molar-refractivity contribution in [3.05, 3.63) is 34.6 Å². The van der Waals surface area contributed by atoms with Crippen LogP contribution in [0.2, 0.25) is 5.02 Å². The zero-order valence-corrected chi connectivity index (χ0v) is 11.0. The Morgan fingerprint density at radius 2 is 2.19 bits per heavy atom. The summed E-state index contributed by atoms with van der Waals surface area (Å²) in [6.45, 7) is 4.20. The minimum Gasteiger partial charge on any atom is -0.387 e. The molecule has 0 spiro atoms. The SMILES string of the molecule is CCC(C)SCC(O)c1cc(F)ccc1Cl. The van der Waals surface area contributed by atoms with Crippen LogP contribution in [0.1, 0.15) is 31.9 Å². The van der Waals surface area contributed by atoms with Crippen LogP contribution < -0.4 is 0 Å². The van der Waals surface area contributed by atoms with Crippen LogP contribution in [0, 0.1) is 5.82 Å². The molecule has 0 amide bonds. The average Bonchev–Trinajstić information content (AvgIpc) is 2.28. The summed E-state index contributed by atoms with van der Waals surface area (Å²) >= 11 is 7.57. The summed E-state index contributed by atoms with van der Waals surface area (Å²) in [6, 6.07) is 4.06. The Balaban J connectivity index is 2.65. The third kappa shape index (κ3) is 3.96. The van der Waals surface area contributed by atoms with Crippen molar-refractivity contribution in [3.8, 4) is 0 Å². The summed E-state index contributed by atoms with van der Waals surface area (Å²) in [5.41, 5.74) is 0.470. The van der Waals surface area contributed by atoms with Crippen molar-refractivity contribution in [2.45, 2.75) is 31.6 Å². The van der Waals surface area contributed by atoms with Gasteiger partial charge in [-0.3, -0.25) is 0 Å². The standard InChI is InChI=1S/C12H16ClFOS/c1-3-8(2)16-7-12(15)10-6-9(14)4-5-11(10)13/h4-6,8,12,15H,3,7H2,1-2H3. The summed E-state index contributed by atoms with van der Waals surface area (Å²) in [6.07, 6.45) is 0.344. The first kappa shape index (κ1) is 13.8. The summed E-state index contributed by atoms with van der Waals surface area (Å²) in [7, 11) is 0. The number of hydrogen-bond acceptors (Lipinski definition) is 2. The van der Waals surface area contributed by atoms with E-state index >= 15 is 0 Å². The third-order valence-electron chi connectivity index (χ3n) is 2.43. The lowest BCUT2D eigenvalue weighted by molar-refractivity contribution is 0.203. The van der Waals surface area contributed by atoms with E-state index in [1.54, 1.807) is 11.8 Å². The molecule has 1 aromatic carbocycles. The fourth-order valence-corrected chi connectivity index (χ4v) is 2.40. The van der Waals surface area contributed by atoms with E-state index in [4.69, 9.17) is 11.6 Å². The van der Waals surface area contributed by atoms with Crippen molar-refractivity contribution in [1.29, 1.82) is 0 Å². The zero-order valence-electron chi connectivity index (χ0n) is 9.41. The molecule has 1 N–H and O–H groups in total. The lowest BCUT2D eigenvalue weighted by Gasteiger charge is -2.15. The number of halogens is 2. The minimum atomic E-state index is -0.706. The first-order chi connectivity index (χ1) is 7.54. The molecular formula is C12H16ClFOS. The molecule has 0 aliphatic rings. The molecule has 1 aromatic rings. The molecule has 0 heterocycles. The highest BCUT2D eigenvalue weighted by Gasteiger charge is 2.13. The van der Waals surface area contributed by atoms with Crippen molar-refractivity contribution in [2.75, 3.05) is 5.75 Å². The molecule has 1 nitrogen and oxygen atoms in total. The van der Waals surface area contributed by atoms with Gasteiger partial charge in [0.2, 0.25) is 0 Å². The van der Waals surface area contributed by atoms with Gasteiger partial charge in [0.1, 0.15) is 5.82 Å². The van der Waals surface area contributed by atoms with Crippen molar-refractivity contribution in [1.82, 2.24) is 0 Å². The van der Waals surface area contributed by atoms with Gasteiger partial charge in [0.25, 0.3) is 0 Å². The molecule has 0 saturated heterocycles. The summed E-state index contributed by atoms with van der Waals surface area (Å²) in [4.78, 5) is 0. The first-order valence-electron chi connectivity index (χ1n) is 5.29. The van der Waals surface area contributed by atoms with E-state index < -0.39 is 6.10 Å². The van der Waals surface area contributed by atoms with Gasteiger partial charge in [-0.15, -0.1) is 0 Å². The fraction of sp³-hybridized carbons (Fsp3) is 0.500. The minimum absolute atomic E-state index is 0.369. The van der Waals surface area contributed by atoms with E-state index in [1.807, 2.05) is 0 Å². The third-order valence-corrected chi connectivity index (χ3v) is 4.19.